The van der Waals surface area contributed by atoms with E-state index in [1.165, 1.54) is 0 Å². The molecule has 0 fully saturated rings. The van der Waals surface area contributed by atoms with Crippen molar-refractivity contribution in [3.05, 3.63) is 40.6 Å². The number of aliphatic hydroxyl groups excluding tert-OH is 1. The van der Waals surface area contributed by atoms with E-state index < -0.39 is 0 Å². The van der Waals surface area contributed by atoms with E-state index in [1.54, 1.807) is 0 Å². The van der Waals surface area contributed by atoms with Gasteiger partial charge >= 0.3 is 0 Å². The molecule has 0 aliphatic carbocycles. The molecule has 0 aliphatic heterocycles. The van der Waals surface area contributed by atoms with Crippen molar-refractivity contribution in [3.8, 4) is 0 Å². The lowest BCUT2D eigenvalue weighted by Crippen LogP contribution is -2.30. The second-order valence-electron chi connectivity index (χ2n) is 7.72. The second-order valence-corrected chi connectivity index (χ2v) is 8.16. The summed E-state index contributed by atoms with van der Waals surface area (Å²) in [5, 5.41) is 21.5. The van der Waals surface area contributed by atoms with Crippen LogP contribution in [0.1, 0.15) is 58.7 Å². The van der Waals surface area contributed by atoms with Crippen LogP contribution in [-0.2, 0) is 0 Å². The van der Waals surface area contributed by atoms with E-state index in [2.05, 4.69) is 47.8 Å². The molecule has 8 heteroatoms. The van der Waals surface area contributed by atoms with Crippen LogP contribution in [0.4, 0.5) is 11.5 Å². The molecule has 2 heterocycles. The van der Waals surface area contributed by atoms with Gasteiger partial charge in [-0.1, -0.05) is 32.4 Å². The van der Waals surface area contributed by atoms with Crippen LogP contribution in [0.5, 0.6) is 0 Å². The summed E-state index contributed by atoms with van der Waals surface area (Å²) >= 11 is 6.02. The summed E-state index contributed by atoms with van der Waals surface area (Å²) in [4.78, 5) is 9.57. The van der Waals surface area contributed by atoms with Crippen molar-refractivity contribution in [1.29, 1.82) is 0 Å². The molecular formula is C21H29ClN6O. The number of hydrogen-bond donors (Lipinski definition) is 3. The summed E-state index contributed by atoms with van der Waals surface area (Å²) in [5.74, 6) is 0.873. The molecule has 1 aromatic carbocycles. The second kappa shape index (κ2) is 8.97. The molecule has 7 nitrogen and oxygen atoms in total. The minimum atomic E-state index is -0.206. The Hall–Kier alpha value is -2.38. The van der Waals surface area contributed by atoms with Crippen LogP contribution < -0.4 is 10.9 Å². The van der Waals surface area contributed by atoms with E-state index >= 15 is 0 Å². The molecule has 0 saturated heterocycles. The van der Waals surface area contributed by atoms with Crippen LogP contribution in [0.25, 0.3) is 11.0 Å². The maximum atomic E-state index is 9.69. The Morgan fingerprint density at radius 2 is 1.90 bits per heavy atom. The summed E-state index contributed by atoms with van der Waals surface area (Å²) in [5.41, 5.74) is 4.21. The number of H-pyrrole nitrogens is 1. The lowest BCUT2D eigenvalue weighted by atomic mass is 10.1. The van der Waals surface area contributed by atoms with Crippen molar-refractivity contribution < 1.29 is 5.11 Å². The number of rotatable bonds is 7. The first-order valence-corrected chi connectivity index (χ1v) is 10.4. The Morgan fingerprint density at radius 3 is 2.45 bits per heavy atom. The van der Waals surface area contributed by atoms with E-state index in [4.69, 9.17) is 21.6 Å². The highest BCUT2D eigenvalue weighted by Gasteiger charge is 2.20. The number of benzene rings is 1. The first-order valence-electron chi connectivity index (χ1n) is 10.0. The standard InChI is InChI=1S/C21H29ClN6O/c1-6-15(11-29)24-21-25-20(23-16-9-7-14(22)8-10-16)18-19(28(21)13(4)5)17(12(2)3)26-27-18/h7-10,12-13,15,29H,6,11H2,1-5H3,(H,26,27)(H,23,24,25). The number of aromatic amines is 1. The van der Waals surface area contributed by atoms with E-state index in [0.29, 0.717) is 16.5 Å². The third-order valence-corrected chi connectivity index (χ3v) is 5.09. The van der Waals surface area contributed by atoms with Gasteiger partial charge in [0.05, 0.1) is 23.9 Å². The van der Waals surface area contributed by atoms with Gasteiger partial charge in [0.2, 0.25) is 5.62 Å². The maximum Gasteiger partial charge on any atom is 0.228 e. The Bertz CT molecular complexity index is 1030. The lowest BCUT2D eigenvalue weighted by Gasteiger charge is -2.18. The molecule has 0 saturated carbocycles. The van der Waals surface area contributed by atoms with Crippen molar-refractivity contribution in [1.82, 2.24) is 19.7 Å². The van der Waals surface area contributed by atoms with Gasteiger partial charge < -0.3 is 15.0 Å². The molecule has 2 aromatic heterocycles. The molecule has 3 N–H and O–H groups in total. The van der Waals surface area contributed by atoms with Crippen LogP contribution in [0.2, 0.25) is 5.02 Å². The quantitative estimate of drug-likeness (QED) is 0.527. The Balaban J connectivity index is 2.31. The van der Waals surface area contributed by atoms with Crippen molar-refractivity contribution in [3.63, 3.8) is 0 Å². The number of nitrogens with zero attached hydrogens (tertiary/aromatic N) is 4. The zero-order chi connectivity index (χ0) is 21.1. The van der Waals surface area contributed by atoms with Crippen molar-refractivity contribution in [2.75, 3.05) is 11.9 Å². The Labute approximate surface area is 175 Å². The van der Waals surface area contributed by atoms with E-state index in [0.717, 1.165) is 28.8 Å². The molecule has 1 unspecified atom stereocenters. The summed E-state index contributed by atoms with van der Waals surface area (Å²) in [7, 11) is 0. The van der Waals surface area contributed by atoms with Gasteiger partial charge in [-0.25, -0.2) is 4.99 Å². The van der Waals surface area contributed by atoms with Gasteiger partial charge in [-0.05, 0) is 50.5 Å². The van der Waals surface area contributed by atoms with Gasteiger partial charge in [0, 0.05) is 16.8 Å². The predicted octanol–water partition coefficient (Wildman–Crippen LogP) is 4.53. The molecule has 3 rings (SSSR count). The Morgan fingerprint density at radius 1 is 1.21 bits per heavy atom. The highest BCUT2D eigenvalue weighted by molar-refractivity contribution is 6.30. The highest BCUT2D eigenvalue weighted by Crippen LogP contribution is 2.29. The molecule has 0 spiro atoms. The lowest BCUT2D eigenvalue weighted by molar-refractivity contribution is 0.260. The van der Waals surface area contributed by atoms with Crippen LogP contribution in [0, 0.1) is 0 Å². The SMILES string of the molecule is CCC(CO)N=c1nc(Nc2ccc(Cl)cc2)c2n[nH]c(C(C)C)c2n1C(C)C. The minimum absolute atomic E-state index is 0.0172. The van der Waals surface area contributed by atoms with Crippen molar-refractivity contribution >= 4 is 34.1 Å². The van der Waals surface area contributed by atoms with Crippen LogP contribution in [0.15, 0.2) is 29.3 Å². The smallest absolute Gasteiger partial charge is 0.228 e. The van der Waals surface area contributed by atoms with Crippen LogP contribution in [-0.4, -0.2) is 37.5 Å². The first kappa shape index (κ1) is 21.3. The number of nitrogens with one attached hydrogen (secondary N) is 2. The molecule has 0 radical (unpaired) electrons. The van der Waals surface area contributed by atoms with Gasteiger partial charge in [-0.2, -0.15) is 10.1 Å². The van der Waals surface area contributed by atoms with Gasteiger partial charge in [-0.15, -0.1) is 0 Å². The monoisotopic (exact) mass is 416 g/mol. The highest BCUT2D eigenvalue weighted by atomic mass is 35.5. The van der Waals surface area contributed by atoms with E-state index in [-0.39, 0.29) is 24.6 Å². The third kappa shape index (κ3) is 4.46. The average Bonchev–Trinajstić information content (AvgIpc) is 3.12. The summed E-state index contributed by atoms with van der Waals surface area (Å²) in [6.07, 6.45) is 0.733. The summed E-state index contributed by atoms with van der Waals surface area (Å²) < 4.78 is 2.10. The summed E-state index contributed by atoms with van der Waals surface area (Å²) in [6, 6.07) is 7.37. The fraction of sp³-hybridized carbons (Fsp3) is 0.476. The van der Waals surface area contributed by atoms with Crippen LogP contribution >= 0.6 is 11.6 Å². The van der Waals surface area contributed by atoms with Crippen LogP contribution in [0.3, 0.4) is 0 Å². The molecule has 3 aromatic rings. The zero-order valence-electron chi connectivity index (χ0n) is 17.6. The van der Waals surface area contributed by atoms with Gasteiger partial charge in [0.1, 0.15) is 0 Å². The first-order chi connectivity index (χ1) is 13.8. The van der Waals surface area contributed by atoms with E-state index in [9.17, 15) is 5.11 Å². The van der Waals surface area contributed by atoms with Gasteiger partial charge in [-0.3, -0.25) is 5.10 Å². The maximum absolute atomic E-state index is 9.69. The average molecular weight is 417 g/mol. The zero-order valence-corrected chi connectivity index (χ0v) is 18.3. The molecule has 156 valence electrons. The molecule has 0 bridgehead atoms. The largest absolute Gasteiger partial charge is 0.394 e. The topological polar surface area (TPSA) is 91.1 Å². The van der Waals surface area contributed by atoms with Gasteiger partial charge in [0.15, 0.2) is 11.3 Å². The fourth-order valence-corrected chi connectivity index (χ4v) is 3.36. The van der Waals surface area contributed by atoms with Crippen molar-refractivity contribution in [2.24, 2.45) is 4.99 Å². The molecule has 1 atom stereocenters. The molecule has 29 heavy (non-hydrogen) atoms. The number of aliphatic hydroxyl groups is 1. The number of fused-ring (bicyclic) bond motifs is 1. The van der Waals surface area contributed by atoms with E-state index in [1.807, 2.05) is 31.2 Å². The molecule has 0 aliphatic rings. The third-order valence-electron chi connectivity index (χ3n) is 4.84. The van der Waals surface area contributed by atoms with Crippen molar-refractivity contribution in [2.45, 2.75) is 59.0 Å². The number of anilines is 2. The minimum Gasteiger partial charge on any atom is -0.394 e. The number of hydrogen-bond acceptors (Lipinski definition) is 5. The summed E-state index contributed by atoms with van der Waals surface area (Å²) in [6.45, 7) is 10.4. The van der Waals surface area contributed by atoms with Gasteiger partial charge in [0.25, 0.3) is 0 Å². The Kier molecular flexibility index (Phi) is 6.59. The molecular weight excluding hydrogens is 388 g/mol. The predicted molar refractivity (Wildman–Crippen MR) is 118 cm³/mol. The fourth-order valence-electron chi connectivity index (χ4n) is 3.23. The molecule has 0 amide bonds. The number of halogens is 1. The normalized spacial score (nSPS) is 13.6. The number of aromatic nitrogens is 4.